The van der Waals surface area contributed by atoms with Crippen molar-refractivity contribution in [3.05, 3.63) is 58.7 Å². The van der Waals surface area contributed by atoms with Crippen LogP contribution >= 0.6 is 0 Å². The summed E-state index contributed by atoms with van der Waals surface area (Å²) in [6.45, 7) is 10.6. The minimum Gasteiger partial charge on any atom is -0.490 e. The van der Waals surface area contributed by atoms with Crippen LogP contribution in [0.15, 0.2) is 36.4 Å². The molecule has 2 amide bonds. The molecule has 35 heavy (non-hydrogen) atoms. The Hall–Kier alpha value is -3.06. The molecule has 2 heterocycles. The highest BCUT2D eigenvalue weighted by molar-refractivity contribution is 6.01. The Labute approximate surface area is 207 Å². The summed E-state index contributed by atoms with van der Waals surface area (Å²) >= 11 is 0. The molecule has 4 rings (SSSR count). The molecule has 0 bridgehead atoms. The lowest BCUT2D eigenvalue weighted by molar-refractivity contribution is -0.124. The van der Waals surface area contributed by atoms with Crippen LogP contribution in [-0.2, 0) is 16.0 Å². The number of nitrogens with one attached hydrogen (secondary N) is 1. The number of nitrogens with zero attached hydrogens (tertiary/aromatic N) is 1. The average Bonchev–Trinajstić information content (AvgIpc) is 2.84. The highest BCUT2D eigenvalue weighted by Gasteiger charge is 2.46. The summed E-state index contributed by atoms with van der Waals surface area (Å²) < 4.78 is 17.3. The molecule has 0 unspecified atom stereocenters. The highest BCUT2D eigenvalue weighted by atomic mass is 16.5. The molecule has 2 aromatic rings. The Bertz CT molecular complexity index is 1070. The van der Waals surface area contributed by atoms with Gasteiger partial charge in [-0.2, -0.15) is 0 Å². The lowest BCUT2D eigenvalue weighted by Gasteiger charge is -2.45. The van der Waals surface area contributed by atoms with Gasteiger partial charge in [0.1, 0.15) is 0 Å². The number of carbonyl (C=O) groups is 2. The van der Waals surface area contributed by atoms with Gasteiger partial charge in [-0.15, -0.1) is 0 Å². The number of hydrogen-bond donors (Lipinski definition) is 1. The topological polar surface area (TPSA) is 77.1 Å². The first-order chi connectivity index (χ1) is 17.0. The van der Waals surface area contributed by atoms with Crippen LogP contribution in [0.3, 0.4) is 0 Å². The van der Waals surface area contributed by atoms with Gasteiger partial charge in [0.05, 0.1) is 31.3 Å². The van der Waals surface area contributed by atoms with Crippen molar-refractivity contribution in [2.24, 2.45) is 0 Å². The third-order valence-electron chi connectivity index (χ3n) is 6.54. The van der Waals surface area contributed by atoms with Crippen LogP contribution in [0, 0.1) is 0 Å². The first kappa shape index (κ1) is 25.0. The van der Waals surface area contributed by atoms with Gasteiger partial charge in [-0.25, -0.2) is 0 Å². The molecule has 7 nitrogen and oxygen atoms in total. The third kappa shape index (κ3) is 5.15. The fourth-order valence-corrected chi connectivity index (χ4v) is 5.07. The second kappa shape index (κ2) is 11.1. The zero-order valence-electron chi connectivity index (χ0n) is 21.1. The number of hydrogen-bond acceptors (Lipinski definition) is 5. The van der Waals surface area contributed by atoms with Crippen LogP contribution in [0.1, 0.15) is 73.1 Å². The van der Waals surface area contributed by atoms with Gasteiger partial charge in [-0.3, -0.25) is 9.59 Å². The SMILES string of the molecule is CCOc1cc2c(cc1OCC)[C@H]1[C@H](C(=O)NCCCOC(C)C)c3ccccc3C(=O)N1CC2. The number of fused-ring (bicyclic) bond motifs is 4. The second-order valence-electron chi connectivity index (χ2n) is 9.19. The maximum absolute atomic E-state index is 13.7. The fraction of sp³-hybridized carbons (Fsp3) is 0.500. The quantitative estimate of drug-likeness (QED) is 0.515. The van der Waals surface area contributed by atoms with E-state index in [4.69, 9.17) is 14.2 Å². The smallest absolute Gasteiger partial charge is 0.254 e. The normalized spacial score (nSPS) is 18.5. The molecule has 0 aliphatic carbocycles. The van der Waals surface area contributed by atoms with Crippen molar-refractivity contribution in [1.82, 2.24) is 10.2 Å². The van der Waals surface area contributed by atoms with Crippen molar-refractivity contribution >= 4 is 11.8 Å². The molecule has 0 radical (unpaired) electrons. The van der Waals surface area contributed by atoms with Gasteiger partial charge in [0.25, 0.3) is 5.91 Å². The first-order valence-electron chi connectivity index (χ1n) is 12.7. The second-order valence-corrected chi connectivity index (χ2v) is 9.19. The van der Waals surface area contributed by atoms with Gasteiger partial charge in [0, 0.05) is 25.3 Å². The van der Waals surface area contributed by atoms with E-state index in [1.807, 2.05) is 69.0 Å². The van der Waals surface area contributed by atoms with E-state index in [2.05, 4.69) is 5.32 Å². The van der Waals surface area contributed by atoms with E-state index in [1.54, 1.807) is 0 Å². The first-order valence-corrected chi connectivity index (χ1v) is 12.7. The Balaban J connectivity index is 1.71. The Morgan fingerprint density at radius 1 is 1.09 bits per heavy atom. The summed E-state index contributed by atoms with van der Waals surface area (Å²) in [5, 5.41) is 3.10. The molecule has 2 atom stereocenters. The lowest BCUT2D eigenvalue weighted by Crippen LogP contribution is -2.50. The van der Waals surface area contributed by atoms with Gasteiger partial charge in [0.15, 0.2) is 11.5 Å². The zero-order chi connectivity index (χ0) is 24.9. The third-order valence-corrected chi connectivity index (χ3v) is 6.54. The van der Waals surface area contributed by atoms with E-state index in [0.29, 0.717) is 56.4 Å². The van der Waals surface area contributed by atoms with Gasteiger partial charge in [-0.1, -0.05) is 18.2 Å². The maximum Gasteiger partial charge on any atom is 0.254 e. The molecule has 0 spiro atoms. The van der Waals surface area contributed by atoms with Crippen molar-refractivity contribution < 1.29 is 23.8 Å². The minimum atomic E-state index is -0.513. The van der Waals surface area contributed by atoms with E-state index in [1.165, 1.54) is 0 Å². The molecule has 0 fully saturated rings. The number of rotatable bonds is 10. The standard InChI is InChI=1S/C28H36N2O5/c1-5-33-23-16-19-12-14-30-26(22(19)17-24(23)34-6-2)25(20-10-7-8-11-21(20)28(30)32)27(31)29-13-9-15-35-18(3)4/h7-8,10-11,16-18,25-26H,5-6,9,12-15H2,1-4H3,(H,29,31)/t25-,26+/m1/s1. The van der Waals surface area contributed by atoms with Crippen molar-refractivity contribution in [3.63, 3.8) is 0 Å². The van der Waals surface area contributed by atoms with Crippen LogP contribution in [0.5, 0.6) is 11.5 Å². The molecule has 2 aliphatic heterocycles. The van der Waals surface area contributed by atoms with E-state index >= 15 is 0 Å². The molecule has 2 aromatic carbocycles. The lowest BCUT2D eigenvalue weighted by atomic mass is 9.75. The molecule has 0 aromatic heterocycles. The maximum atomic E-state index is 13.7. The van der Waals surface area contributed by atoms with Crippen molar-refractivity contribution in [3.8, 4) is 11.5 Å². The Morgan fingerprint density at radius 3 is 2.51 bits per heavy atom. The number of carbonyl (C=O) groups excluding carboxylic acids is 2. The van der Waals surface area contributed by atoms with Crippen molar-refractivity contribution in [2.45, 2.75) is 58.6 Å². The molecule has 7 heteroatoms. The fourth-order valence-electron chi connectivity index (χ4n) is 5.07. The predicted molar refractivity (Wildman–Crippen MR) is 134 cm³/mol. The molecule has 2 aliphatic rings. The largest absolute Gasteiger partial charge is 0.490 e. The van der Waals surface area contributed by atoms with E-state index in [0.717, 1.165) is 23.1 Å². The van der Waals surface area contributed by atoms with E-state index < -0.39 is 12.0 Å². The zero-order valence-corrected chi connectivity index (χ0v) is 21.1. The minimum absolute atomic E-state index is 0.0301. The molecule has 188 valence electrons. The Kier molecular flexibility index (Phi) is 7.96. The summed E-state index contributed by atoms with van der Waals surface area (Å²) in [7, 11) is 0. The number of ether oxygens (including phenoxy) is 3. The summed E-state index contributed by atoms with van der Waals surface area (Å²) in [4.78, 5) is 29.0. The monoisotopic (exact) mass is 480 g/mol. The van der Waals surface area contributed by atoms with Gasteiger partial charge in [0.2, 0.25) is 5.91 Å². The summed E-state index contributed by atoms with van der Waals surface area (Å²) in [6, 6.07) is 11.1. The average molecular weight is 481 g/mol. The van der Waals surface area contributed by atoms with Crippen molar-refractivity contribution in [2.75, 3.05) is 32.9 Å². The highest BCUT2D eigenvalue weighted by Crippen LogP contribution is 2.48. The van der Waals surface area contributed by atoms with Crippen molar-refractivity contribution in [1.29, 1.82) is 0 Å². The van der Waals surface area contributed by atoms with Crippen LogP contribution in [0.25, 0.3) is 0 Å². The van der Waals surface area contributed by atoms with Crippen LogP contribution in [0.4, 0.5) is 0 Å². The molecule has 0 saturated carbocycles. The number of benzene rings is 2. The van der Waals surface area contributed by atoms with Crippen LogP contribution in [0.2, 0.25) is 0 Å². The van der Waals surface area contributed by atoms with E-state index in [9.17, 15) is 9.59 Å². The van der Waals surface area contributed by atoms with Gasteiger partial charge in [-0.05, 0) is 75.4 Å². The molecular formula is C28H36N2O5. The Morgan fingerprint density at radius 2 is 1.80 bits per heavy atom. The molecule has 0 saturated heterocycles. The molecule has 1 N–H and O–H groups in total. The summed E-state index contributed by atoms with van der Waals surface area (Å²) in [6.07, 6.45) is 1.59. The van der Waals surface area contributed by atoms with Gasteiger partial charge >= 0.3 is 0 Å². The van der Waals surface area contributed by atoms with Crippen LogP contribution < -0.4 is 14.8 Å². The summed E-state index contributed by atoms with van der Waals surface area (Å²) in [5.74, 6) is 0.726. The van der Waals surface area contributed by atoms with E-state index in [-0.39, 0.29) is 17.9 Å². The predicted octanol–water partition coefficient (Wildman–Crippen LogP) is 4.25. The van der Waals surface area contributed by atoms with Crippen LogP contribution in [-0.4, -0.2) is 55.7 Å². The van der Waals surface area contributed by atoms with Gasteiger partial charge < -0.3 is 24.4 Å². The summed E-state index contributed by atoms with van der Waals surface area (Å²) in [5.41, 5.74) is 3.42. The molecular weight excluding hydrogens is 444 g/mol. The number of amides is 2.